The molecule has 0 amide bonds. The van der Waals surface area contributed by atoms with Crippen LogP contribution in [0, 0.1) is 0 Å². The van der Waals surface area contributed by atoms with Gasteiger partial charge in [-0.25, -0.2) is 0 Å². The molecule has 23 heavy (non-hydrogen) atoms. The van der Waals surface area contributed by atoms with Crippen molar-refractivity contribution >= 4 is 39.6 Å². The van der Waals surface area contributed by atoms with Crippen LogP contribution in [0.4, 0.5) is 11.4 Å². The van der Waals surface area contributed by atoms with Gasteiger partial charge in [-0.15, -0.1) is 10.2 Å². The van der Waals surface area contributed by atoms with Crippen LogP contribution < -0.4 is 10.1 Å². The molecule has 3 aromatic rings. The molecule has 0 unspecified atom stereocenters. The van der Waals surface area contributed by atoms with Gasteiger partial charge in [-0.2, -0.15) is 0 Å². The first-order chi connectivity index (χ1) is 11.2. The second kappa shape index (κ2) is 6.45. The summed E-state index contributed by atoms with van der Waals surface area (Å²) in [5, 5.41) is 21.8. The zero-order chi connectivity index (χ0) is 16.2. The number of nitrogens with zero attached hydrogens (tertiary/aromatic N) is 2. The maximum Gasteiger partial charge on any atom is 0.218 e. The molecule has 1 heterocycles. The molecule has 3 rings (SSSR count). The Bertz CT molecular complexity index is 889. The summed E-state index contributed by atoms with van der Waals surface area (Å²) in [4.78, 5) is 2.84. The van der Waals surface area contributed by atoms with Crippen LogP contribution in [-0.2, 0) is 0 Å². The van der Waals surface area contributed by atoms with Crippen LogP contribution in [0.2, 0.25) is 0 Å². The lowest BCUT2D eigenvalue weighted by molar-refractivity contribution is 0.417. The van der Waals surface area contributed by atoms with E-state index in [-0.39, 0.29) is 11.0 Å². The van der Waals surface area contributed by atoms with Gasteiger partial charge >= 0.3 is 0 Å². The maximum absolute atomic E-state index is 9.93. The van der Waals surface area contributed by atoms with Gasteiger partial charge in [0.1, 0.15) is 5.75 Å². The number of azo groups is 1. The molecule has 7 heteroatoms. The monoisotopic (exact) mass is 326 g/mol. The van der Waals surface area contributed by atoms with E-state index in [9.17, 15) is 5.11 Å². The molecular formula is C16H14N4O2S. The highest BCUT2D eigenvalue weighted by Gasteiger charge is 2.10. The molecule has 116 valence electrons. The zero-order valence-corrected chi connectivity index (χ0v) is 13.1. The van der Waals surface area contributed by atoms with E-state index in [1.807, 2.05) is 48.5 Å². The Balaban J connectivity index is 1.82. The summed E-state index contributed by atoms with van der Waals surface area (Å²) in [6.07, 6.45) is 0. The molecule has 0 aliphatic rings. The molecule has 0 saturated heterocycles. The quantitative estimate of drug-likeness (QED) is 0.493. The number of thiocarbonyl (C=S) groups is 1. The first-order valence-electron chi connectivity index (χ1n) is 6.84. The number of para-hydroxylation sites is 3. The highest BCUT2D eigenvalue weighted by Crippen LogP contribution is 2.35. The number of aromatic amines is 1. The van der Waals surface area contributed by atoms with E-state index in [1.54, 1.807) is 7.11 Å². The van der Waals surface area contributed by atoms with Crippen molar-refractivity contribution in [2.75, 3.05) is 12.4 Å². The average Bonchev–Trinajstić information content (AvgIpc) is 2.88. The largest absolute Gasteiger partial charge is 0.495 e. The van der Waals surface area contributed by atoms with Crippen molar-refractivity contribution in [2.45, 2.75) is 0 Å². The highest BCUT2D eigenvalue weighted by atomic mass is 32.1. The lowest BCUT2D eigenvalue weighted by atomic mass is 10.2. The van der Waals surface area contributed by atoms with Crippen LogP contribution in [0.25, 0.3) is 10.9 Å². The summed E-state index contributed by atoms with van der Waals surface area (Å²) < 4.78 is 5.23. The van der Waals surface area contributed by atoms with Crippen LogP contribution in [0.5, 0.6) is 11.6 Å². The third kappa shape index (κ3) is 3.14. The lowest BCUT2D eigenvalue weighted by Crippen LogP contribution is -2.06. The zero-order valence-electron chi connectivity index (χ0n) is 12.3. The van der Waals surface area contributed by atoms with Gasteiger partial charge in [0.15, 0.2) is 5.69 Å². The number of aromatic nitrogens is 1. The standard InChI is InChI=1S/C16H14N4O2S/c1-22-13-9-5-4-8-12(13)18-16(23)20-19-14-10-6-2-3-7-11(10)17-15(14)21/h2-9,17,21H,1H3,(H,18,23). The molecule has 0 saturated carbocycles. The number of rotatable bonds is 3. The lowest BCUT2D eigenvalue weighted by Gasteiger charge is -2.08. The minimum atomic E-state index is -0.0463. The number of fused-ring (bicyclic) bond motifs is 1. The van der Waals surface area contributed by atoms with Crippen molar-refractivity contribution in [3.05, 3.63) is 48.5 Å². The van der Waals surface area contributed by atoms with Crippen molar-refractivity contribution in [1.82, 2.24) is 4.98 Å². The van der Waals surface area contributed by atoms with Crippen molar-refractivity contribution in [1.29, 1.82) is 0 Å². The van der Waals surface area contributed by atoms with Crippen LogP contribution in [0.1, 0.15) is 0 Å². The van der Waals surface area contributed by atoms with Crippen LogP contribution in [-0.4, -0.2) is 22.3 Å². The van der Waals surface area contributed by atoms with Gasteiger partial charge in [0, 0.05) is 5.39 Å². The Morgan fingerprint density at radius 1 is 1.17 bits per heavy atom. The fourth-order valence-corrected chi connectivity index (χ4v) is 2.35. The Labute approximate surface area is 137 Å². The molecule has 0 aliphatic heterocycles. The van der Waals surface area contributed by atoms with Crippen molar-refractivity contribution in [3.8, 4) is 11.6 Å². The minimum absolute atomic E-state index is 0.0463. The molecule has 3 N–H and O–H groups in total. The van der Waals surface area contributed by atoms with Gasteiger partial charge < -0.3 is 20.1 Å². The van der Waals surface area contributed by atoms with Gasteiger partial charge in [-0.3, -0.25) is 0 Å². The van der Waals surface area contributed by atoms with Crippen molar-refractivity contribution in [3.63, 3.8) is 0 Å². The molecule has 0 aliphatic carbocycles. The van der Waals surface area contributed by atoms with E-state index in [1.165, 1.54) is 0 Å². The first kappa shape index (κ1) is 15.0. The molecule has 6 nitrogen and oxygen atoms in total. The summed E-state index contributed by atoms with van der Waals surface area (Å²) in [5.74, 6) is 0.607. The van der Waals surface area contributed by atoms with Gasteiger partial charge in [0.05, 0.1) is 18.3 Å². The molecule has 2 aromatic carbocycles. The number of hydrogen-bond donors (Lipinski definition) is 3. The summed E-state index contributed by atoms with van der Waals surface area (Å²) in [5.41, 5.74) is 1.83. The number of ether oxygens (including phenoxy) is 1. The molecule has 0 bridgehead atoms. The van der Waals surface area contributed by atoms with E-state index in [2.05, 4.69) is 20.5 Å². The first-order valence-corrected chi connectivity index (χ1v) is 7.25. The number of benzene rings is 2. The second-order valence-electron chi connectivity index (χ2n) is 4.70. The van der Waals surface area contributed by atoms with E-state index in [0.29, 0.717) is 17.1 Å². The molecule has 0 atom stereocenters. The summed E-state index contributed by atoms with van der Waals surface area (Å²) in [6.45, 7) is 0. The summed E-state index contributed by atoms with van der Waals surface area (Å²) >= 11 is 5.16. The van der Waals surface area contributed by atoms with Crippen LogP contribution >= 0.6 is 12.2 Å². The number of hydrogen-bond acceptors (Lipinski definition) is 4. The Morgan fingerprint density at radius 2 is 1.91 bits per heavy atom. The van der Waals surface area contributed by atoms with Gasteiger partial charge in [-0.05, 0) is 30.4 Å². The number of anilines is 1. The number of methoxy groups -OCH3 is 1. The predicted octanol–water partition coefficient (Wildman–Crippen LogP) is 4.36. The Hall–Kier alpha value is -2.93. The predicted molar refractivity (Wildman–Crippen MR) is 93.7 cm³/mol. The van der Waals surface area contributed by atoms with Crippen molar-refractivity contribution in [2.24, 2.45) is 10.2 Å². The van der Waals surface area contributed by atoms with Gasteiger partial charge in [0.2, 0.25) is 11.0 Å². The van der Waals surface area contributed by atoms with Crippen molar-refractivity contribution < 1.29 is 9.84 Å². The summed E-state index contributed by atoms with van der Waals surface area (Å²) in [7, 11) is 1.58. The fourth-order valence-electron chi connectivity index (χ4n) is 2.20. The number of nitrogens with one attached hydrogen (secondary N) is 2. The van der Waals surface area contributed by atoms with E-state index < -0.39 is 0 Å². The number of aromatic hydroxyl groups is 1. The SMILES string of the molecule is COc1ccccc1NC(=S)N=Nc1c(O)[nH]c2ccccc12. The van der Waals surface area contributed by atoms with E-state index in [4.69, 9.17) is 17.0 Å². The third-order valence-corrected chi connectivity index (χ3v) is 3.43. The topological polar surface area (TPSA) is 82.0 Å². The normalized spacial score (nSPS) is 11.0. The average molecular weight is 326 g/mol. The van der Waals surface area contributed by atoms with Crippen LogP contribution in [0.15, 0.2) is 58.8 Å². The molecule has 0 spiro atoms. The number of H-pyrrole nitrogens is 1. The third-order valence-electron chi connectivity index (χ3n) is 3.25. The smallest absolute Gasteiger partial charge is 0.218 e. The summed E-state index contributed by atoms with van der Waals surface area (Å²) in [6, 6.07) is 14.8. The van der Waals surface area contributed by atoms with E-state index >= 15 is 0 Å². The molecule has 1 aromatic heterocycles. The fraction of sp³-hybridized carbons (Fsp3) is 0.0625. The molecule has 0 radical (unpaired) electrons. The minimum Gasteiger partial charge on any atom is -0.495 e. The highest BCUT2D eigenvalue weighted by molar-refractivity contribution is 7.80. The Morgan fingerprint density at radius 3 is 2.74 bits per heavy atom. The molecule has 0 fully saturated rings. The Kier molecular flexibility index (Phi) is 4.20. The van der Waals surface area contributed by atoms with E-state index in [0.717, 1.165) is 10.9 Å². The van der Waals surface area contributed by atoms with Gasteiger partial charge in [0.25, 0.3) is 0 Å². The maximum atomic E-state index is 9.93. The second-order valence-corrected chi connectivity index (χ2v) is 5.08. The van der Waals surface area contributed by atoms with Gasteiger partial charge in [-0.1, -0.05) is 30.3 Å². The van der Waals surface area contributed by atoms with Crippen LogP contribution in [0.3, 0.4) is 0 Å². The molecular weight excluding hydrogens is 312 g/mol.